The van der Waals surface area contributed by atoms with Gasteiger partial charge >= 0.3 is 5.97 Å². The molecule has 0 aromatic heterocycles. The number of rotatable bonds is 2. The first-order valence-electron chi connectivity index (χ1n) is 9.33. The van der Waals surface area contributed by atoms with Crippen LogP contribution in [0.5, 0.6) is 0 Å². The molecule has 0 saturated heterocycles. The summed E-state index contributed by atoms with van der Waals surface area (Å²) in [5, 5.41) is 6.43. The Kier molecular flexibility index (Phi) is 4.82. The molecule has 1 aliphatic carbocycles. The highest BCUT2D eigenvalue weighted by molar-refractivity contribution is 6.11. The summed E-state index contributed by atoms with van der Waals surface area (Å²) in [6.45, 7) is 1.80. The van der Waals surface area contributed by atoms with E-state index in [0.29, 0.717) is 17.8 Å². The predicted molar refractivity (Wildman–Crippen MR) is 104 cm³/mol. The summed E-state index contributed by atoms with van der Waals surface area (Å²) < 4.78 is 33.5. The normalized spacial score (nSPS) is 23.3. The van der Waals surface area contributed by atoms with E-state index in [4.69, 9.17) is 4.74 Å². The van der Waals surface area contributed by atoms with E-state index in [1.54, 1.807) is 19.1 Å². The third kappa shape index (κ3) is 3.26. The van der Waals surface area contributed by atoms with Gasteiger partial charge in [-0.25, -0.2) is 8.78 Å². The van der Waals surface area contributed by atoms with Gasteiger partial charge in [-0.15, -0.1) is 0 Å². The highest BCUT2D eigenvalue weighted by atomic mass is 19.1. The minimum absolute atomic E-state index is 0.00234. The lowest BCUT2D eigenvalue weighted by Gasteiger charge is -2.32. The van der Waals surface area contributed by atoms with Gasteiger partial charge in [-0.1, -0.05) is 19.1 Å². The van der Waals surface area contributed by atoms with Crippen LogP contribution in [0.4, 0.5) is 20.2 Å². The fourth-order valence-corrected chi connectivity index (χ4v) is 4.10. The minimum Gasteiger partial charge on any atom is -0.468 e. The number of hydrogen-bond donors (Lipinski definition) is 2. The number of fused-ring (bicyclic) bond motifs is 1. The number of hydrogen-bond acceptors (Lipinski definition) is 5. The SMILES string of the molecule is COC(=O)[C@H]1C(=O)C2=C(C[C@H]1C)Nc1ccccc1N[C@@H]2c1cc(F)ccc1F. The van der Waals surface area contributed by atoms with E-state index in [1.807, 2.05) is 12.1 Å². The Balaban J connectivity index is 1.91. The van der Waals surface area contributed by atoms with E-state index in [-0.39, 0.29) is 17.1 Å². The van der Waals surface area contributed by atoms with Crippen molar-refractivity contribution in [2.75, 3.05) is 17.7 Å². The van der Waals surface area contributed by atoms with Gasteiger partial charge in [0.15, 0.2) is 5.78 Å². The van der Waals surface area contributed by atoms with Crippen LogP contribution in [0, 0.1) is 23.5 Å². The Morgan fingerprint density at radius 2 is 1.86 bits per heavy atom. The molecule has 150 valence electrons. The number of benzene rings is 2. The van der Waals surface area contributed by atoms with Crippen molar-refractivity contribution in [3.05, 3.63) is 70.9 Å². The maximum absolute atomic E-state index is 14.7. The monoisotopic (exact) mass is 398 g/mol. The molecule has 0 amide bonds. The Morgan fingerprint density at radius 1 is 1.14 bits per heavy atom. The average molecular weight is 398 g/mol. The number of Topliss-reactive ketones (excluding diaryl/α,β-unsaturated/α-hetero) is 1. The number of allylic oxidation sites excluding steroid dienone is 1. The van der Waals surface area contributed by atoms with Gasteiger partial charge in [-0.3, -0.25) is 9.59 Å². The van der Waals surface area contributed by atoms with Gasteiger partial charge < -0.3 is 15.4 Å². The van der Waals surface area contributed by atoms with Crippen molar-refractivity contribution in [1.29, 1.82) is 0 Å². The maximum atomic E-state index is 14.7. The quantitative estimate of drug-likeness (QED) is 0.586. The number of carbonyl (C=O) groups excluding carboxylic acids is 2. The largest absolute Gasteiger partial charge is 0.468 e. The van der Waals surface area contributed by atoms with Crippen LogP contribution < -0.4 is 10.6 Å². The smallest absolute Gasteiger partial charge is 0.316 e. The van der Waals surface area contributed by atoms with E-state index < -0.39 is 35.3 Å². The van der Waals surface area contributed by atoms with Crippen LogP contribution in [0.1, 0.15) is 24.9 Å². The number of anilines is 2. The zero-order valence-corrected chi connectivity index (χ0v) is 16.0. The Bertz CT molecular complexity index is 1030. The van der Waals surface area contributed by atoms with Crippen LogP contribution in [-0.2, 0) is 14.3 Å². The summed E-state index contributed by atoms with van der Waals surface area (Å²) in [4.78, 5) is 25.7. The van der Waals surface area contributed by atoms with Gasteiger partial charge in [0.2, 0.25) is 0 Å². The van der Waals surface area contributed by atoms with E-state index in [1.165, 1.54) is 7.11 Å². The molecule has 0 unspecified atom stereocenters. The molecule has 2 N–H and O–H groups in total. The molecule has 5 nitrogen and oxygen atoms in total. The van der Waals surface area contributed by atoms with E-state index in [9.17, 15) is 18.4 Å². The summed E-state index contributed by atoms with van der Waals surface area (Å²) in [5.41, 5.74) is 2.18. The molecule has 29 heavy (non-hydrogen) atoms. The summed E-state index contributed by atoms with van der Waals surface area (Å²) in [6, 6.07) is 9.44. The number of nitrogens with one attached hydrogen (secondary N) is 2. The van der Waals surface area contributed by atoms with Crippen LogP contribution in [0.25, 0.3) is 0 Å². The molecule has 0 radical (unpaired) electrons. The first-order valence-corrected chi connectivity index (χ1v) is 9.33. The number of para-hydroxylation sites is 2. The van der Waals surface area contributed by atoms with Crippen molar-refractivity contribution in [1.82, 2.24) is 0 Å². The Labute approximate surface area is 166 Å². The summed E-state index contributed by atoms with van der Waals surface area (Å²) in [7, 11) is 1.23. The van der Waals surface area contributed by atoms with Gasteiger partial charge in [0, 0.05) is 16.8 Å². The topological polar surface area (TPSA) is 67.4 Å². The minimum atomic E-state index is -0.998. The second-order valence-electron chi connectivity index (χ2n) is 7.35. The van der Waals surface area contributed by atoms with Crippen molar-refractivity contribution in [2.24, 2.45) is 11.8 Å². The van der Waals surface area contributed by atoms with E-state index in [0.717, 1.165) is 23.9 Å². The van der Waals surface area contributed by atoms with E-state index in [2.05, 4.69) is 10.6 Å². The fraction of sp³-hybridized carbons (Fsp3) is 0.273. The van der Waals surface area contributed by atoms with Crippen molar-refractivity contribution in [3.63, 3.8) is 0 Å². The number of esters is 1. The second kappa shape index (κ2) is 7.31. The Hall–Kier alpha value is -3.22. The van der Waals surface area contributed by atoms with Crippen LogP contribution in [-0.4, -0.2) is 18.9 Å². The Morgan fingerprint density at radius 3 is 2.59 bits per heavy atom. The molecular formula is C22H20F2N2O3. The molecule has 2 aliphatic rings. The van der Waals surface area contributed by atoms with Crippen molar-refractivity contribution in [2.45, 2.75) is 19.4 Å². The molecule has 1 aliphatic heterocycles. The van der Waals surface area contributed by atoms with Gasteiger partial charge in [0.25, 0.3) is 0 Å². The molecule has 7 heteroatoms. The summed E-state index contributed by atoms with van der Waals surface area (Å²) in [5.74, 6) is -3.64. The number of carbonyl (C=O) groups is 2. The fourth-order valence-electron chi connectivity index (χ4n) is 4.10. The van der Waals surface area contributed by atoms with Crippen molar-refractivity contribution in [3.8, 4) is 0 Å². The first-order chi connectivity index (χ1) is 13.9. The lowest BCUT2D eigenvalue weighted by atomic mass is 9.74. The van der Waals surface area contributed by atoms with E-state index >= 15 is 0 Å². The molecule has 0 spiro atoms. The number of methoxy groups -OCH3 is 1. The standard InChI is InChI=1S/C22H20F2N2O3/c1-11-9-17-19(21(27)18(11)22(28)29-2)20(13-10-12(23)7-8-14(13)24)26-16-6-4-3-5-15(16)25-17/h3-8,10-11,18,20,25-26H,9H2,1-2H3/t11-,18-,20-/m1/s1. The van der Waals surface area contributed by atoms with Gasteiger partial charge in [0.05, 0.1) is 24.5 Å². The van der Waals surface area contributed by atoms with Crippen LogP contribution in [0.2, 0.25) is 0 Å². The predicted octanol–water partition coefficient (Wildman–Crippen LogP) is 4.20. The highest BCUT2D eigenvalue weighted by Gasteiger charge is 2.44. The number of ether oxygens (including phenoxy) is 1. The molecule has 0 saturated carbocycles. The number of halogens is 2. The molecule has 2 aromatic rings. The van der Waals surface area contributed by atoms with Gasteiger partial charge in [-0.2, -0.15) is 0 Å². The third-order valence-electron chi connectivity index (χ3n) is 5.49. The zero-order chi connectivity index (χ0) is 20.7. The lowest BCUT2D eigenvalue weighted by molar-refractivity contribution is -0.151. The average Bonchev–Trinajstić information content (AvgIpc) is 2.86. The summed E-state index contributed by atoms with van der Waals surface area (Å²) >= 11 is 0. The van der Waals surface area contributed by atoms with Crippen LogP contribution >= 0.6 is 0 Å². The summed E-state index contributed by atoms with van der Waals surface area (Å²) in [6.07, 6.45) is 0.393. The molecule has 0 fully saturated rings. The zero-order valence-electron chi connectivity index (χ0n) is 16.0. The van der Waals surface area contributed by atoms with Crippen molar-refractivity contribution >= 4 is 23.1 Å². The molecule has 2 aromatic carbocycles. The molecule has 4 rings (SSSR count). The number of ketones is 1. The molecule has 1 heterocycles. The van der Waals surface area contributed by atoms with Crippen molar-refractivity contribution < 1.29 is 23.1 Å². The molecule has 3 atom stereocenters. The first kappa shape index (κ1) is 19.1. The highest BCUT2D eigenvalue weighted by Crippen LogP contribution is 2.44. The van der Waals surface area contributed by atoms with Gasteiger partial charge in [0.1, 0.15) is 17.6 Å². The maximum Gasteiger partial charge on any atom is 0.316 e. The lowest BCUT2D eigenvalue weighted by Crippen LogP contribution is -2.39. The second-order valence-corrected chi connectivity index (χ2v) is 7.35. The van der Waals surface area contributed by atoms with Crippen LogP contribution in [0.15, 0.2) is 53.7 Å². The van der Waals surface area contributed by atoms with Crippen LogP contribution in [0.3, 0.4) is 0 Å². The van der Waals surface area contributed by atoms with Gasteiger partial charge in [-0.05, 0) is 42.7 Å². The molecule has 0 bridgehead atoms. The third-order valence-corrected chi connectivity index (χ3v) is 5.49. The molecular weight excluding hydrogens is 378 g/mol.